The topological polar surface area (TPSA) is 96.3 Å². The van der Waals surface area contributed by atoms with E-state index >= 15 is 0 Å². The normalized spacial score (nSPS) is 10.1. The van der Waals surface area contributed by atoms with Crippen molar-refractivity contribution < 1.29 is 14.7 Å². The van der Waals surface area contributed by atoms with E-state index in [0.29, 0.717) is 25.9 Å². The van der Waals surface area contributed by atoms with Crippen LogP contribution in [-0.2, 0) is 18.4 Å². The van der Waals surface area contributed by atoms with Gasteiger partial charge in [0.1, 0.15) is 5.82 Å². The average molecular weight is 254 g/mol. The molecule has 0 fully saturated rings. The third-order valence-corrected chi connectivity index (χ3v) is 2.43. The molecule has 3 N–H and O–H groups in total. The molecule has 0 aliphatic heterocycles. The van der Waals surface area contributed by atoms with Gasteiger partial charge >= 0.3 is 12.0 Å². The van der Waals surface area contributed by atoms with Gasteiger partial charge in [-0.2, -0.15) is 0 Å². The molecule has 0 unspecified atom stereocenters. The fraction of sp³-hybridized carbons (Fsp3) is 0.545. The monoisotopic (exact) mass is 254 g/mol. The van der Waals surface area contributed by atoms with Gasteiger partial charge in [-0.15, -0.1) is 0 Å². The summed E-state index contributed by atoms with van der Waals surface area (Å²) in [5.41, 5.74) is 0. The summed E-state index contributed by atoms with van der Waals surface area (Å²) in [6.07, 6.45) is 4.83. The zero-order chi connectivity index (χ0) is 13.4. The van der Waals surface area contributed by atoms with Crippen molar-refractivity contribution in [2.75, 3.05) is 6.54 Å². The number of carboxylic acid groups (broad SMARTS) is 1. The van der Waals surface area contributed by atoms with Gasteiger partial charge in [0, 0.05) is 32.4 Å². The molecule has 1 aromatic heterocycles. The minimum Gasteiger partial charge on any atom is -0.481 e. The van der Waals surface area contributed by atoms with Gasteiger partial charge in [-0.05, 0) is 12.8 Å². The number of unbranched alkanes of at least 4 members (excludes halogenated alkanes) is 1. The van der Waals surface area contributed by atoms with Gasteiger partial charge in [-0.25, -0.2) is 9.78 Å². The van der Waals surface area contributed by atoms with Crippen molar-refractivity contribution in [1.29, 1.82) is 0 Å². The van der Waals surface area contributed by atoms with Gasteiger partial charge in [0.15, 0.2) is 0 Å². The third kappa shape index (κ3) is 5.33. The zero-order valence-corrected chi connectivity index (χ0v) is 10.3. The summed E-state index contributed by atoms with van der Waals surface area (Å²) < 4.78 is 1.83. The van der Waals surface area contributed by atoms with E-state index < -0.39 is 5.97 Å². The van der Waals surface area contributed by atoms with Crippen molar-refractivity contribution in [3.05, 3.63) is 18.2 Å². The number of urea groups is 1. The van der Waals surface area contributed by atoms with Gasteiger partial charge in [0.05, 0.1) is 6.54 Å². The van der Waals surface area contributed by atoms with Crippen molar-refractivity contribution >= 4 is 12.0 Å². The molecule has 0 saturated heterocycles. The number of carboxylic acids is 1. The Balaban J connectivity index is 2.07. The zero-order valence-electron chi connectivity index (χ0n) is 10.3. The molecule has 7 heteroatoms. The fourth-order valence-corrected chi connectivity index (χ4v) is 1.39. The smallest absolute Gasteiger partial charge is 0.315 e. The molecule has 1 aromatic rings. The van der Waals surface area contributed by atoms with Crippen LogP contribution in [-0.4, -0.2) is 33.2 Å². The second-order valence-electron chi connectivity index (χ2n) is 3.91. The standard InChI is InChI=1S/C11H18N4O3/c1-15-7-6-12-9(15)8-14-11(18)13-5-3-2-4-10(16)17/h6-7H,2-5,8H2,1H3,(H,16,17)(H2,13,14,18). The quantitative estimate of drug-likeness (QED) is 0.616. The summed E-state index contributed by atoms with van der Waals surface area (Å²) in [6.45, 7) is 0.837. The summed E-state index contributed by atoms with van der Waals surface area (Å²) in [5.74, 6) is -0.0368. The van der Waals surface area contributed by atoms with Crippen LogP contribution in [0.15, 0.2) is 12.4 Å². The van der Waals surface area contributed by atoms with Crippen LogP contribution in [0.5, 0.6) is 0 Å². The second-order valence-corrected chi connectivity index (χ2v) is 3.91. The van der Waals surface area contributed by atoms with Crippen LogP contribution < -0.4 is 10.6 Å². The molecular formula is C11H18N4O3. The van der Waals surface area contributed by atoms with Crippen molar-refractivity contribution in [2.24, 2.45) is 7.05 Å². The summed E-state index contributed by atoms with van der Waals surface area (Å²) in [5, 5.41) is 13.8. The summed E-state index contributed by atoms with van der Waals surface area (Å²) in [4.78, 5) is 25.7. The first-order chi connectivity index (χ1) is 8.59. The highest BCUT2D eigenvalue weighted by Gasteiger charge is 2.03. The number of aryl methyl sites for hydroxylation is 1. The number of imidazole rings is 1. The van der Waals surface area contributed by atoms with E-state index in [1.54, 1.807) is 12.4 Å². The van der Waals surface area contributed by atoms with Crippen molar-refractivity contribution in [2.45, 2.75) is 25.8 Å². The maximum atomic E-state index is 11.4. The number of nitrogens with one attached hydrogen (secondary N) is 2. The SMILES string of the molecule is Cn1ccnc1CNC(=O)NCCCCC(=O)O. The van der Waals surface area contributed by atoms with Crippen LogP contribution in [0.2, 0.25) is 0 Å². The molecule has 1 rings (SSSR count). The predicted molar refractivity (Wildman–Crippen MR) is 64.9 cm³/mol. The van der Waals surface area contributed by atoms with E-state index in [1.807, 2.05) is 11.6 Å². The van der Waals surface area contributed by atoms with Crippen molar-refractivity contribution in [1.82, 2.24) is 20.2 Å². The van der Waals surface area contributed by atoms with E-state index in [9.17, 15) is 9.59 Å². The fourth-order valence-electron chi connectivity index (χ4n) is 1.39. The van der Waals surface area contributed by atoms with E-state index in [4.69, 9.17) is 5.11 Å². The number of carbonyl (C=O) groups is 2. The van der Waals surface area contributed by atoms with E-state index in [0.717, 1.165) is 5.82 Å². The van der Waals surface area contributed by atoms with Crippen molar-refractivity contribution in [3.8, 4) is 0 Å². The highest BCUT2D eigenvalue weighted by Crippen LogP contribution is 1.94. The molecule has 7 nitrogen and oxygen atoms in total. The van der Waals surface area contributed by atoms with Crippen LogP contribution in [0.1, 0.15) is 25.1 Å². The first kappa shape index (κ1) is 14.0. The largest absolute Gasteiger partial charge is 0.481 e. The molecule has 0 spiro atoms. The molecule has 0 radical (unpaired) electrons. The van der Waals surface area contributed by atoms with Gasteiger partial charge in [-0.1, -0.05) is 0 Å². The number of hydrogen-bond acceptors (Lipinski definition) is 3. The Labute approximate surface area is 105 Å². The number of hydrogen-bond donors (Lipinski definition) is 3. The minimum atomic E-state index is -0.811. The number of nitrogens with zero attached hydrogens (tertiary/aromatic N) is 2. The van der Waals surface area contributed by atoms with Gasteiger partial charge < -0.3 is 20.3 Å². The molecule has 100 valence electrons. The van der Waals surface area contributed by atoms with Gasteiger partial charge in [0.25, 0.3) is 0 Å². The lowest BCUT2D eigenvalue weighted by Gasteiger charge is -2.07. The number of rotatable bonds is 7. The number of amides is 2. The number of aromatic nitrogens is 2. The summed E-state index contributed by atoms with van der Waals surface area (Å²) in [7, 11) is 1.85. The Hall–Kier alpha value is -2.05. The first-order valence-electron chi connectivity index (χ1n) is 5.79. The maximum Gasteiger partial charge on any atom is 0.315 e. The molecule has 0 bridgehead atoms. The van der Waals surface area contributed by atoms with Crippen LogP contribution in [0.4, 0.5) is 4.79 Å². The van der Waals surface area contributed by atoms with Crippen molar-refractivity contribution in [3.63, 3.8) is 0 Å². The van der Waals surface area contributed by atoms with Crippen LogP contribution in [0.3, 0.4) is 0 Å². The molecular weight excluding hydrogens is 236 g/mol. The first-order valence-corrected chi connectivity index (χ1v) is 5.79. The lowest BCUT2D eigenvalue weighted by molar-refractivity contribution is -0.137. The van der Waals surface area contributed by atoms with Crippen LogP contribution in [0.25, 0.3) is 0 Å². The lowest BCUT2D eigenvalue weighted by Crippen LogP contribution is -2.36. The molecule has 0 aliphatic carbocycles. The molecule has 0 atom stereocenters. The Morgan fingerprint density at radius 1 is 1.39 bits per heavy atom. The lowest BCUT2D eigenvalue weighted by atomic mass is 10.2. The predicted octanol–water partition coefficient (Wildman–Crippen LogP) is 0.474. The third-order valence-electron chi connectivity index (χ3n) is 2.43. The minimum absolute atomic E-state index is 0.135. The van der Waals surface area contributed by atoms with E-state index in [1.165, 1.54) is 0 Å². The summed E-state index contributed by atoms with van der Waals surface area (Å²) in [6, 6.07) is -0.270. The molecule has 1 heterocycles. The molecule has 2 amide bonds. The Kier molecular flexibility index (Phi) is 5.69. The van der Waals surface area contributed by atoms with Gasteiger partial charge in [0.2, 0.25) is 0 Å². The molecule has 0 aliphatic rings. The number of aliphatic carboxylic acids is 1. The average Bonchev–Trinajstić information content (AvgIpc) is 2.71. The Morgan fingerprint density at radius 3 is 2.78 bits per heavy atom. The Bertz CT molecular complexity index is 403. The molecule has 18 heavy (non-hydrogen) atoms. The van der Waals surface area contributed by atoms with Gasteiger partial charge in [-0.3, -0.25) is 4.79 Å². The second kappa shape index (κ2) is 7.31. The maximum absolute atomic E-state index is 11.4. The van der Waals surface area contributed by atoms with Crippen LogP contribution in [0, 0.1) is 0 Å². The van der Waals surface area contributed by atoms with E-state index in [2.05, 4.69) is 15.6 Å². The van der Waals surface area contributed by atoms with E-state index in [-0.39, 0.29) is 12.5 Å². The summed E-state index contributed by atoms with van der Waals surface area (Å²) >= 11 is 0. The molecule has 0 saturated carbocycles. The highest BCUT2D eigenvalue weighted by atomic mass is 16.4. The number of carbonyl (C=O) groups excluding carboxylic acids is 1. The Morgan fingerprint density at radius 2 is 2.17 bits per heavy atom. The highest BCUT2D eigenvalue weighted by molar-refractivity contribution is 5.73. The van der Waals surface area contributed by atoms with Crippen LogP contribution >= 0.6 is 0 Å². The molecule has 0 aromatic carbocycles.